The molecule has 0 spiro atoms. The third kappa shape index (κ3) is 3.37. The zero-order chi connectivity index (χ0) is 17.9. The van der Waals surface area contributed by atoms with E-state index in [0.717, 1.165) is 37.1 Å². The highest BCUT2D eigenvalue weighted by Gasteiger charge is 2.36. The first-order chi connectivity index (χ1) is 12.7. The van der Waals surface area contributed by atoms with Crippen molar-refractivity contribution in [3.63, 3.8) is 0 Å². The van der Waals surface area contributed by atoms with E-state index in [2.05, 4.69) is 10.6 Å². The molecule has 0 saturated carbocycles. The van der Waals surface area contributed by atoms with Crippen molar-refractivity contribution < 1.29 is 14.0 Å². The Morgan fingerprint density at radius 2 is 1.85 bits per heavy atom. The topological polar surface area (TPSA) is 74.6 Å². The predicted octanol–water partition coefficient (Wildman–Crippen LogP) is 1.71. The summed E-state index contributed by atoms with van der Waals surface area (Å²) in [5, 5.41) is 6.44. The molecule has 3 heterocycles. The number of hydrogen-bond donors (Lipinski definition) is 2. The van der Waals surface area contributed by atoms with E-state index in [1.165, 1.54) is 6.26 Å². The van der Waals surface area contributed by atoms with Gasteiger partial charge in [0.05, 0.1) is 6.26 Å². The number of fused-ring (bicyclic) bond motifs is 1. The molecular formula is C20H23N3O3. The lowest BCUT2D eigenvalue weighted by Crippen LogP contribution is -2.55. The number of amides is 2. The minimum atomic E-state index is -0.516. The lowest BCUT2D eigenvalue weighted by molar-refractivity contribution is -0.127. The van der Waals surface area contributed by atoms with Crippen LogP contribution in [0.1, 0.15) is 34.5 Å². The van der Waals surface area contributed by atoms with Gasteiger partial charge in [-0.2, -0.15) is 0 Å². The summed E-state index contributed by atoms with van der Waals surface area (Å²) < 4.78 is 5.28. The van der Waals surface area contributed by atoms with Crippen molar-refractivity contribution in [1.29, 1.82) is 0 Å². The summed E-state index contributed by atoms with van der Waals surface area (Å²) >= 11 is 0. The Hall–Kier alpha value is -2.60. The minimum absolute atomic E-state index is 0.0775. The molecule has 2 amide bonds. The fraction of sp³-hybridized carbons (Fsp3) is 0.400. The molecule has 1 fully saturated rings. The Kier molecular flexibility index (Phi) is 4.75. The molecule has 26 heavy (non-hydrogen) atoms. The van der Waals surface area contributed by atoms with Gasteiger partial charge in [-0.05, 0) is 49.2 Å². The van der Waals surface area contributed by atoms with Crippen LogP contribution in [0.15, 0.2) is 47.1 Å². The third-order valence-electron chi connectivity index (χ3n) is 5.23. The maximum absolute atomic E-state index is 13.0. The van der Waals surface area contributed by atoms with Gasteiger partial charge in [0.2, 0.25) is 5.91 Å². The molecule has 2 aliphatic rings. The molecule has 2 N–H and O–H groups in total. The lowest BCUT2D eigenvalue weighted by Gasteiger charge is -2.36. The van der Waals surface area contributed by atoms with Gasteiger partial charge in [-0.25, -0.2) is 0 Å². The monoisotopic (exact) mass is 353 g/mol. The third-order valence-corrected chi connectivity index (χ3v) is 5.23. The molecule has 0 radical (unpaired) electrons. The Labute approximate surface area is 152 Å². The standard InChI is InChI=1S/C20H23N3O3/c24-19(22-16-7-9-21-10-8-16)17-12-14-4-1-2-5-15(14)13-23(17)20(25)18-6-3-11-26-18/h1-6,11,16-17,21H,7-10,12-13H2,(H,22,24). The first kappa shape index (κ1) is 16.8. The van der Waals surface area contributed by atoms with Crippen molar-refractivity contribution >= 4 is 11.8 Å². The zero-order valence-corrected chi connectivity index (χ0v) is 14.6. The van der Waals surface area contributed by atoms with Crippen LogP contribution in [0.3, 0.4) is 0 Å². The number of furan rings is 1. The molecule has 6 nitrogen and oxygen atoms in total. The summed E-state index contributed by atoms with van der Waals surface area (Å²) in [6.07, 6.45) is 3.84. The Morgan fingerprint density at radius 3 is 2.58 bits per heavy atom. The van der Waals surface area contributed by atoms with Crippen molar-refractivity contribution in [3.8, 4) is 0 Å². The van der Waals surface area contributed by atoms with Crippen LogP contribution < -0.4 is 10.6 Å². The second-order valence-electron chi connectivity index (χ2n) is 6.93. The second kappa shape index (κ2) is 7.33. The number of rotatable bonds is 3. The molecule has 1 aromatic heterocycles. The summed E-state index contributed by atoms with van der Waals surface area (Å²) in [6, 6.07) is 11.0. The van der Waals surface area contributed by atoms with Gasteiger partial charge in [-0.1, -0.05) is 24.3 Å². The van der Waals surface area contributed by atoms with Crippen LogP contribution in [0.25, 0.3) is 0 Å². The number of benzene rings is 1. The molecule has 1 unspecified atom stereocenters. The molecule has 0 aliphatic carbocycles. The SMILES string of the molecule is O=C(NC1CCNCC1)C1Cc2ccccc2CN1C(=O)c1ccco1. The van der Waals surface area contributed by atoms with Gasteiger partial charge in [0, 0.05) is 19.0 Å². The molecule has 4 rings (SSSR count). The van der Waals surface area contributed by atoms with E-state index in [9.17, 15) is 9.59 Å². The Balaban J connectivity index is 1.58. The van der Waals surface area contributed by atoms with Gasteiger partial charge in [0.1, 0.15) is 6.04 Å². The average molecular weight is 353 g/mol. The van der Waals surface area contributed by atoms with Gasteiger partial charge in [-0.15, -0.1) is 0 Å². The molecule has 2 aromatic rings. The maximum atomic E-state index is 13.0. The van der Waals surface area contributed by atoms with Crippen LogP contribution in [0.2, 0.25) is 0 Å². The molecule has 1 saturated heterocycles. The molecule has 6 heteroatoms. The van der Waals surface area contributed by atoms with Crippen LogP contribution in [0.5, 0.6) is 0 Å². The summed E-state index contributed by atoms with van der Waals surface area (Å²) in [5.41, 5.74) is 2.21. The van der Waals surface area contributed by atoms with Gasteiger partial charge < -0.3 is 20.0 Å². The van der Waals surface area contributed by atoms with Crippen molar-refractivity contribution in [2.24, 2.45) is 0 Å². The first-order valence-electron chi connectivity index (χ1n) is 9.15. The van der Waals surface area contributed by atoms with Crippen LogP contribution in [0.4, 0.5) is 0 Å². The summed E-state index contributed by atoms with van der Waals surface area (Å²) in [7, 11) is 0. The predicted molar refractivity (Wildman–Crippen MR) is 96.5 cm³/mol. The van der Waals surface area contributed by atoms with Crippen LogP contribution >= 0.6 is 0 Å². The Morgan fingerprint density at radius 1 is 1.08 bits per heavy atom. The molecule has 2 aliphatic heterocycles. The van der Waals surface area contributed by atoms with Crippen LogP contribution in [-0.2, 0) is 17.8 Å². The summed E-state index contributed by atoms with van der Waals surface area (Å²) in [6.45, 7) is 2.24. The minimum Gasteiger partial charge on any atom is -0.459 e. The number of hydrogen-bond acceptors (Lipinski definition) is 4. The summed E-state index contributed by atoms with van der Waals surface area (Å²) in [5.74, 6) is -0.0506. The van der Waals surface area contributed by atoms with Crippen LogP contribution in [0, 0.1) is 0 Å². The smallest absolute Gasteiger partial charge is 0.290 e. The lowest BCUT2D eigenvalue weighted by atomic mass is 9.92. The fourth-order valence-corrected chi connectivity index (χ4v) is 3.78. The molecular weight excluding hydrogens is 330 g/mol. The van der Waals surface area contributed by atoms with E-state index in [1.54, 1.807) is 17.0 Å². The highest BCUT2D eigenvalue weighted by Crippen LogP contribution is 2.25. The average Bonchev–Trinajstić information content (AvgIpc) is 3.22. The number of nitrogens with one attached hydrogen (secondary N) is 2. The van der Waals surface area contributed by atoms with Gasteiger partial charge in [0.25, 0.3) is 5.91 Å². The maximum Gasteiger partial charge on any atom is 0.290 e. The van der Waals surface area contributed by atoms with E-state index in [0.29, 0.717) is 13.0 Å². The number of carbonyl (C=O) groups excluding carboxylic acids is 2. The number of piperidine rings is 1. The van der Waals surface area contributed by atoms with Crippen molar-refractivity contribution in [2.45, 2.75) is 37.9 Å². The van der Waals surface area contributed by atoms with Gasteiger partial charge in [-0.3, -0.25) is 9.59 Å². The van der Waals surface area contributed by atoms with E-state index in [4.69, 9.17) is 4.42 Å². The first-order valence-corrected chi connectivity index (χ1v) is 9.15. The van der Waals surface area contributed by atoms with E-state index in [1.807, 2.05) is 24.3 Å². The van der Waals surface area contributed by atoms with Crippen molar-refractivity contribution in [2.75, 3.05) is 13.1 Å². The molecule has 1 aromatic carbocycles. The van der Waals surface area contributed by atoms with Gasteiger partial charge in [0.15, 0.2) is 5.76 Å². The Bertz CT molecular complexity index is 781. The highest BCUT2D eigenvalue weighted by atomic mass is 16.3. The molecule has 136 valence electrons. The molecule has 0 bridgehead atoms. The fourth-order valence-electron chi connectivity index (χ4n) is 3.78. The molecule has 1 atom stereocenters. The largest absolute Gasteiger partial charge is 0.459 e. The van der Waals surface area contributed by atoms with E-state index >= 15 is 0 Å². The van der Waals surface area contributed by atoms with E-state index < -0.39 is 6.04 Å². The quantitative estimate of drug-likeness (QED) is 0.881. The number of nitrogens with zero attached hydrogens (tertiary/aromatic N) is 1. The summed E-state index contributed by atoms with van der Waals surface area (Å²) in [4.78, 5) is 27.6. The second-order valence-corrected chi connectivity index (χ2v) is 6.93. The normalized spacial score (nSPS) is 20.5. The van der Waals surface area contributed by atoms with Crippen molar-refractivity contribution in [3.05, 3.63) is 59.5 Å². The van der Waals surface area contributed by atoms with Gasteiger partial charge >= 0.3 is 0 Å². The zero-order valence-electron chi connectivity index (χ0n) is 14.6. The number of carbonyl (C=O) groups is 2. The van der Waals surface area contributed by atoms with E-state index in [-0.39, 0.29) is 23.6 Å². The van der Waals surface area contributed by atoms with Crippen LogP contribution in [-0.4, -0.2) is 41.9 Å². The highest BCUT2D eigenvalue weighted by molar-refractivity contribution is 5.96. The van der Waals surface area contributed by atoms with Crippen molar-refractivity contribution in [1.82, 2.24) is 15.5 Å².